The highest BCUT2D eigenvalue weighted by Crippen LogP contribution is 2.34. The number of nitrogens with zero attached hydrogens (tertiary/aromatic N) is 3. The second-order valence-corrected chi connectivity index (χ2v) is 4.52. The van der Waals surface area contributed by atoms with Crippen LogP contribution >= 0.6 is 0 Å². The van der Waals surface area contributed by atoms with Crippen molar-refractivity contribution < 1.29 is 27.8 Å². The van der Waals surface area contributed by atoms with Gasteiger partial charge in [-0.1, -0.05) is 0 Å². The lowest BCUT2D eigenvalue weighted by molar-refractivity contribution is -0.141. The molecule has 0 spiro atoms. The zero-order valence-corrected chi connectivity index (χ0v) is 10.7. The Kier molecular flexibility index (Phi) is 3.89. The molecule has 0 saturated carbocycles. The highest BCUT2D eigenvalue weighted by atomic mass is 19.4. The van der Waals surface area contributed by atoms with Gasteiger partial charge in [0.25, 0.3) is 0 Å². The van der Waals surface area contributed by atoms with E-state index in [9.17, 15) is 18.0 Å². The molecule has 1 saturated heterocycles. The maximum atomic E-state index is 12.7. The molecule has 20 heavy (non-hydrogen) atoms. The number of hydrogen-bond donors (Lipinski definition) is 1. The molecule has 1 aliphatic heterocycles. The van der Waals surface area contributed by atoms with Crippen LogP contribution in [0.15, 0.2) is 6.07 Å². The van der Waals surface area contributed by atoms with Crippen molar-refractivity contribution in [1.82, 2.24) is 9.78 Å². The Morgan fingerprint density at radius 2 is 2.10 bits per heavy atom. The van der Waals surface area contributed by atoms with E-state index in [-0.39, 0.29) is 11.9 Å². The van der Waals surface area contributed by atoms with E-state index in [1.807, 2.05) is 0 Å². The number of rotatable bonds is 2. The van der Waals surface area contributed by atoms with E-state index in [1.165, 1.54) is 7.05 Å². The van der Waals surface area contributed by atoms with E-state index in [1.54, 1.807) is 0 Å². The second kappa shape index (κ2) is 5.31. The number of carbonyl (C=O) groups is 1. The Hall–Kier alpha value is -1.77. The molecule has 2 rings (SSSR count). The number of amides is 1. The zero-order chi connectivity index (χ0) is 14.9. The molecule has 0 aliphatic carbocycles. The minimum absolute atomic E-state index is 0.0864. The van der Waals surface area contributed by atoms with Crippen LogP contribution in [0.1, 0.15) is 24.6 Å². The Morgan fingerprint density at radius 1 is 1.50 bits per heavy atom. The molecule has 6 nitrogen and oxygen atoms in total. The Balaban J connectivity index is 2.41. The maximum Gasteiger partial charge on any atom is 0.435 e. The number of ether oxygens (including phenoxy) is 1. The smallest absolute Gasteiger partial charge is 0.435 e. The van der Waals surface area contributed by atoms with Crippen LogP contribution in [0.3, 0.4) is 0 Å². The summed E-state index contributed by atoms with van der Waals surface area (Å²) in [7, 11) is 1.19. The van der Waals surface area contributed by atoms with Gasteiger partial charge in [-0.3, -0.25) is 4.90 Å². The fraction of sp³-hybridized carbons (Fsp3) is 0.636. The molecule has 0 aromatic carbocycles. The quantitative estimate of drug-likeness (QED) is 0.909. The van der Waals surface area contributed by atoms with Crippen molar-refractivity contribution in [2.75, 3.05) is 25.2 Å². The summed E-state index contributed by atoms with van der Waals surface area (Å²) in [5, 5.41) is 12.5. The first-order valence-electron chi connectivity index (χ1n) is 6.02. The van der Waals surface area contributed by atoms with E-state index < -0.39 is 18.0 Å². The SMILES string of the molecule is CN(C(=O)O)c1cc(C(F)(F)F)nn1C1CCOCC1. The largest absolute Gasteiger partial charge is 0.465 e. The molecule has 1 aromatic heterocycles. The fourth-order valence-electron chi connectivity index (χ4n) is 2.07. The molecule has 1 aliphatic rings. The zero-order valence-electron chi connectivity index (χ0n) is 10.7. The van der Waals surface area contributed by atoms with Crippen LogP contribution < -0.4 is 4.90 Å². The van der Waals surface area contributed by atoms with Gasteiger partial charge in [-0.05, 0) is 12.8 Å². The minimum Gasteiger partial charge on any atom is -0.465 e. The van der Waals surface area contributed by atoms with Crippen molar-refractivity contribution in [2.24, 2.45) is 0 Å². The molecular formula is C11H14F3N3O3. The molecule has 1 amide bonds. The summed E-state index contributed by atoms with van der Waals surface area (Å²) in [6, 6.07) is 0.459. The standard InChI is InChI=1S/C11H14F3N3O3/c1-16(10(18)19)9-6-8(11(12,13)14)15-17(9)7-2-4-20-5-3-7/h6-7H,2-5H2,1H3,(H,18,19). The number of halogens is 3. The number of aromatic nitrogens is 2. The third kappa shape index (κ3) is 2.87. The van der Waals surface area contributed by atoms with E-state index in [2.05, 4.69) is 5.10 Å². The van der Waals surface area contributed by atoms with Gasteiger partial charge in [0, 0.05) is 26.3 Å². The van der Waals surface area contributed by atoms with Gasteiger partial charge < -0.3 is 9.84 Å². The third-order valence-electron chi connectivity index (χ3n) is 3.17. The first kappa shape index (κ1) is 14.6. The number of hydrogen-bond acceptors (Lipinski definition) is 3. The second-order valence-electron chi connectivity index (χ2n) is 4.52. The summed E-state index contributed by atoms with van der Waals surface area (Å²) < 4.78 is 44.5. The maximum absolute atomic E-state index is 12.7. The molecule has 1 fully saturated rings. The first-order valence-corrected chi connectivity index (χ1v) is 6.02. The van der Waals surface area contributed by atoms with Crippen LogP contribution in [0, 0.1) is 0 Å². The average molecular weight is 293 g/mol. The molecule has 0 radical (unpaired) electrons. The minimum atomic E-state index is -4.61. The van der Waals surface area contributed by atoms with Crippen LogP contribution in [0.2, 0.25) is 0 Å². The van der Waals surface area contributed by atoms with E-state index >= 15 is 0 Å². The predicted octanol–water partition coefficient (Wildman–Crippen LogP) is 2.37. The fourth-order valence-corrected chi connectivity index (χ4v) is 2.07. The molecule has 9 heteroatoms. The van der Waals surface area contributed by atoms with Crippen LogP contribution in [0.5, 0.6) is 0 Å². The summed E-state index contributed by atoms with van der Waals surface area (Å²) in [6.45, 7) is 0.838. The lowest BCUT2D eigenvalue weighted by Crippen LogP contribution is -2.29. The molecular weight excluding hydrogens is 279 g/mol. The van der Waals surface area contributed by atoms with Gasteiger partial charge >= 0.3 is 12.3 Å². The van der Waals surface area contributed by atoms with Crippen molar-refractivity contribution in [3.63, 3.8) is 0 Å². The third-order valence-corrected chi connectivity index (χ3v) is 3.17. The molecule has 0 bridgehead atoms. The van der Waals surface area contributed by atoms with Crippen molar-refractivity contribution in [2.45, 2.75) is 25.1 Å². The van der Waals surface area contributed by atoms with Crippen molar-refractivity contribution in [3.8, 4) is 0 Å². The predicted molar refractivity (Wildman–Crippen MR) is 62.7 cm³/mol. The van der Waals surface area contributed by atoms with Crippen molar-refractivity contribution in [3.05, 3.63) is 11.8 Å². The molecule has 1 N–H and O–H groups in total. The van der Waals surface area contributed by atoms with Gasteiger partial charge in [-0.25, -0.2) is 9.48 Å². The summed E-state index contributed by atoms with van der Waals surface area (Å²) >= 11 is 0. The van der Waals surface area contributed by atoms with E-state index in [4.69, 9.17) is 9.84 Å². The normalized spacial score (nSPS) is 17.2. The summed E-state index contributed by atoms with van der Waals surface area (Å²) in [5.74, 6) is -0.0864. The van der Waals surface area contributed by atoms with Gasteiger partial charge in [-0.15, -0.1) is 0 Å². The Labute approximate surface area is 112 Å². The highest BCUT2D eigenvalue weighted by Gasteiger charge is 2.37. The van der Waals surface area contributed by atoms with Crippen LogP contribution in [0.25, 0.3) is 0 Å². The molecule has 0 atom stereocenters. The topological polar surface area (TPSA) is 67.6 Å². The summed E-state index contributed by atoms with van der Waals surface area (Å²) in [4.78, 5) is 11.7. The average Bonchev–Trinajstić information content (AvgIpc) is 2.83. The molecule has 2 heterocycles. The van der Waals surface area contributed by atoms with Crippen molar-refractivity contribution in [1.29, 1.82) is 0 Å². The van der Waals surface area contributed by atoms with E-state index in [0.29, 0.717) is 26.1 Å². The highest BCUT2D eigenvalue weighted by molar-refractivity contribution is 5.84. The first-order chi connectivity index (χ1) is 9.30. The van der Waals surface area contributed by atoms with E-state index in [0.717, 1.165) is 15.6 Å². The van der Waals surface area contributed by atoms with Crippen LogP contribution in [-0.2, 0) is 10.9 Å². The van der Waals surface area contributed by atoms with Gasteiger partial charge in [0.2, 0.25) is 0 Å². The number of alkyl halides is 3. The summed E-state index contributed by atoms with van der Waals surface area (Å²) in [5.41, 5.74) is -1.09. The lowest BCUT2D eigenvalue weighted by Gasteiger charge is -2.25. The van der Waals surface area contributed by atoms with Gasteiger partial charge in [-0.2, -0.15) is 18.3 Å². The summed E-state index contributed by atoms with van der Waals surface area (Å²) in [6.07, 6.45) is -4.95. The molecule has 1 aromatic rings. The van der Waals surface area contributed by atoms with Gasteiger partial charge in [0.05, 0.1) is 6.04 Å². The lowest BCUT2D eigenvalue weighted by atomic mass is 10.1. The number of carboxylic acid groups (broad SMARTS) is 1. The monoisotopic (exact) mass is 293 g/mol. The van der Waals surface area contributed by atoms with Gasteiger partial charge in [0.1, 0.15) is 5.82 Å². The van der Waals surface area contributed by atoms with Crippen LogP contribution in [-0.4, -0.2) is 41.2 Å². The van der Waals surface area contributed by atoms with Crippen LogP contribution in [0.4, 0.5) is 23.8 Å². The Bertz CT molecular complexity index is 495. The Morgan fingerprint density at radius 3 is 2.60 bits per heavy atom. The van der Waals surface area contributed by atoms with Gasteiger partial charge in [0.15, 0.2) is 5.69 Å². The molecule has 112 valence electrons. The molecule has 0 unspecified atom stereocenters. The number of anilines is 1. The van der Waals surface area contributed by atoms with Crippen molar-refractivity contribution >= 4 is 11.9 Å².